The fourth-order valence-electron chi connectivity index (χ4n) is 4.85. The SMILES string of the molecule is CCC(O)CNCCn1c(Cc2ccccc2)nc2c1c(=O)n(CCCOC)c(=O)n2CCc1cccc(N)c1. The number of nitrogens with one attached hydrogen (secondary N) is 1. The molecule has 2 aromatic carbocycles. The molecule has 0 fully saturated rings. The number of aliphatic hydroxyl groups is 1. The van der Waals surface area contributed by atoms with E-state index in [1.807, 2.05) is 66.1 Å². The quantitative estimate of drug-likeness (QED) is 0.153. The van der Waals surface area contributed by atoms with Crippen molar-refractivity contribution >= 4 is 16.9 Å². The number of nitrogen functional groups attached to an aromatic ring is 1. The monoisotopic (exact) mass is 548 g/mol. The first-order valence-corrected chi connectivity index (χ1v) is 13.9. The zero-order valence-electron chi connectivity index (χ0n) is 23.4. The summed E-state index contributed by atoms with van der Waals surface area (Å²) in [7, 11) is 1.60. The molecule has 10 nitrogen and oxygen atoms in total. The van der Waals surface area contributed by atoms with Crippen LogP contribution in [-0.4, -0.2) is 56.7 Å². The molecule has 0 radical (unpaired) electrons. The number of imidazole rings is 1. The molecule has 214 valence electrons. The van der Waals surface area contributed by atoms with Gasteiger partial charge in [0.2, 0.25) is 0 Å². The fraction of sp³-hybridized carbons (Fsp3) is 0.433. The van der Waals surface area contributed by atoms with Crippen LogP contribution in [0, 0.1) is 0 Å². The van der Waals surface area contributed by atoms with Crippen LogP contribution < -0.4 is 22.3 Å². The zero-order chi connectivity index (χ0) is 28.5. The van der Waals surface area contributed by atoms with Gasteiger partial charge in [-0.3, -0.25) is 13.9 Å². The third-order valence-corrected chi connectivity index (χ3v) is 7.07. The van der Waals surface area contributed by atoms with Crippen molar-refractivity contribution in [3.05, 3.63) is 92.4 Å². The summed E-state index contributed by atoms with van der Waals surface area (Å²) in [5, 5.41) is 13.2. The average molecular weight is 549 g/mol. The zero-order valence-corrected chi connectivity index (χ0v) is 23.4. The maximum absolute atomic E-state index is 13.9. The molecule has 0 amide bonds. The summed E-state index contributed by atoms with van der Waals surface area (Å²) in [5.74, 6) is 0.711. The smallest absolute Gasteiger partial charge is 0.332 e. The second kappa shape index (κ2) is 14.1. The minimum atomic E-state index is -0.432. The lowest BCUT2D eigenvalue weighted by Gasteiger charge is -2.14. The number of anilines is 1. The number of nitrogens with two attached hydrogens (primary N) is 1. The summed E-state index contributed by atoms with van der Waals surface area (Å²) in [5.41, 5.74) is 8.77. The van der Waals surface area contributed by atoms with Crippen molar-refractivity contribution < 1.29 is 9.84 Å². The second-order valence-electron chi connectivity index (χ2n) is 10.0. The lowest BCUT2D eigenvalue weighted by Crippen LogP contribution is -2.41. The largest absolute Gasteiger partial charge is 0.399 e. The average Bonchev–Trinajstić information content (AvgIpc) is 3.30. The van der Waals surface area contributed by atoms with Gasteiger partial charge >= 0.3 is 5.69 Å². The van der Waals surface area contributed by atoms with Crippen LogP contribution in [0.3, 0.4) is 0 Å². The Bertz CT molecular complexity index is 1510. The Hall–Kier alpha value is -3.73. The highest BCUT2D eigenvalue weighted by Crippen LogP contribution is 2.17. The van der Waals surface area contributed by atoms with E-state index in [2.05, 4.69) is 5.32 Å². The first-order chi connectivity index (χ1) is 19.4. The molecule has 1 atom stereocenters. The number of nitrogens with zero attached hydrogens (tertiary/aromatic N) is 4. The Morgan fingerprint density at radius 3 is 2.50 bits per heavy atom. The minimum Gasteiger partial charge on any atom is -0.399 e. The molecular weight excluding hydrogens is 508 g/mol. The number of ether oxygens (including phenoxy) is 1. The molecule has 2 heterocycles. The third-order valence-electron chi connectivity index (χ3n) is 7.07. The highest BCUT2D eigenvalue weighted by atomic mass is 16.5. The first kappa shape index (κ1) is 29.3. The maximum atomic E-state index is 13.9. The van der Waals surface area contributed by atoms with E-state index >= 15 is 0 Å². The van der Waals surface area contributed by atoms with E-state index in [1.54, 1.807) is 11.7 Å². The Morgan fingerprint density at radius 1 is 1.00 bits per heavy atom. The van der Waals surface area contributed by atoms with Crippen LogP contribution in [0.2, 0.25) is 0 Å². The van der Waals surface area contributed by atoms with Gasteiger partial charge in [0.25, 0.3) is 5.56 Å². The number of hydrogen-bond acceptors (Lipinski definition) is 7. The Balaban J connectivity index is 1.81. The van der Waals surface area contributed by atoms with Gasteiger partial charge in [0, 0.05) is 58.5 Å². The van der Waals surface area contributed by atoms with Gasteiger partial charge in [-0.15, -0.1) is 0 Å². The lowest BCUT2D eigenvalue weighted by molar-refractivity contribution is 0.167. The van der Waals surface area contributed by atoms with Gasteiger partial charge in [0.1, 0.15) is 5.82 Å². The molecule has 0 aliphatic heterocycles. The van der Waals surface area contributed by atoms with E-state index in [1.165, 1.54) is 4.57 Å². The predicted octanol–water partition coefficient (Wildman–Crippen LogP) is 2.17. The number of aryl methyl sites for hydroxylation is 2. The summed E-state index contributed by atoms with van der Waals surface area (Å²) in [4.78, 5) is 32.5. The van der Waals surface area contributed by atoms with Crippen molar-refractivity contribution in [3.8, 4) is 0 Å². The maximum Gasteiger partial charge on any atom is 0.332 e. The molecule has 0 saturated heterocycles. The standard InChI is InChI=1S/C30H40N6O4/c1-3-25(37)21-32-14-17-34-26(20-22-9-5-4-6-10-22)33-28-27(34)29(38)36(15-8-18-40-2)30(39)35(28)16-13-23-11-7-12-24(31)19-23/h4-7,9-12,19,25,32,37H,3,8,13-18,20-21,31H2,1-2H3. The number of methoxy groups -OCH3 is 1. The van der Waals surface area contributed by atoms with Gasteiger partial charge in [0.05, 0.1) is 6.10 Å². The van der Waals surface area contributed by atoms with Crippen LogP contribution in [-0.2, 0) is 37.2 Å². The lowest BCUT2D eigenvalue weighted by atomic mass is 10.1. The van der Waals surface area contributed by atoms with Gasteiger partial charge in [0.15, 0.2) is 11.2 Å². The van der Waals surface area contributed by atoms with E-state index in [-0.39, 0.29) is 17.8 Å². The van der Waals surface area contributed by atoms with E-state index in [4.69, 9.17) is 15.5 Å². The van der Waals surface area contributed by atoms with Crippen LogP contribution in [0.15, 0.2) is 64.2 Å². The highest BCUT2D eigenvalue weighted by molar-refractivity contribution is 5.71. The van der Waals surface area contributed by atoms with Gasteiger partial charge in [-0.25, -0.2) is 9.78 Å². The van der Waals surface area contributed by atoms with Crippen molar-refractivity contribution in [3.63, 3.8) is 0 Å². The molecule has 2 aromatic heterocycles. The number of benzene rings is 2. The van der Waals surface area contributed by atoms with Crippen LogP contribution in [0.1, 0.15) is 36.7 Å². The minimum absolute atomic E-state index is 0.250. The van der Waals surface area contributed by atoms with Gasteiger partial charge < -0.3 is 25.5 Å². The van der Waals surface area contributed by atoms with Crippen molar-refractivity contribution in [2.75, 3.05) is 32.5 Å². The molecule has 0 aliphatic rings. The van der Waals surface area contributed by atoms with E-state index < -0.39 is 6.10 Å². The number of aromatic nitrogens is 4. The van der Waals surface area contributed by atoms with E-state index in [0.717, 1.165) is 11.1 Å². The van der Waals surface area contributed by atoms with E-state index in [0.29, 0.717) is 81.1 Å². The Morgan fingerprint density at radius 2 is 1.77 bits per heavy atom. The molecule has 4 rings (SSSR count). The summed E-state index contributed by atoms with van der Waals surface area (Å²) in [6.45, 7) is 4.44. The summed E-state index contributed by atoms with van der Waals surface area (Å²) in [6, 6.07) is 17.5. The van der Waals surface area contributed by atoms with Crippen LogP contribution in [0.4, 0.5) is 5.69 Å². The molecule has 0 bridgehead atoms. The topological polar surface area (TPSA) is 129 Å². The normalized spacial score (nSPS) is 12.3. The fourth-order valence-corrected chi connectivity index (χ4v) is 4.85. The molecule has 4 aromatic rings. The molecule has 10 heteroatoms. The summed E-state index contributed by atoms with van der Waals surface area (Å²) < 4.78 is 10.0. The number of aliphatic hydroxyl groups excluding tert-OH is 1. The van der Waals surface area contributed by atoms with Crippen LogP contribution >= 0.6 is 0 Å². The van der Waals surface area contributed by atoms with Crippen LogP contribution in [0.25, 0.3) is 11.2 Å². The second-order valence-corrected chi connectivity index (χ2v) is 10.0. The molecule has 40 heavy (non-hydrogen) atoms. The van der Waals surface area contributed by atoms with Gasteiger partial charge in [-0.2, -0.15) is 0 Å². The summed E-state index contributed by atoms with van der Waals surface area (Å²) >= 11 is 0. The van der Waals surface area contributed by atoms with Crippen molar-refractivity contribution in [2.45, 2.75) is 58.3 Å². The van der Waals surface area contributed by atoms with E-state index in [9.17, 15) is 14.7 Å². The third kappa shape index (κ3) is 7.07. The van der Waals surface area contributed by atoms with Crippen molar-refractivity contribution in [1.82, 2.24) is 24.0 Å². The molecule has 0 spiro atoms. The summed E-state index contributed by atoms with van der Waals surface area (Å²) in [6.07, 6.45) is 1.84. The molecular formula is C30H40N6O4. The van der Waals surface area contributed by atoms with Crippen molar-refractivity contribution in [2.24, 2.45) is 0 Å². The predicted molar refractivity (Wildman–Crippen MR) is 158 cm³/mol. The first-order valence-electron chi connectivity index (χ1n) is 13.9. The molecule has 0 saturated carbocycles. The van der Waals surface area contributed by atoms with Crippen LogP contribution in [0.5, 0.6) is 0 Å². The number of fused-ring (bicyclic) bond motifs is 1. The van der Waals surface area contributed by atoms with Crippen molar-refractivity contribution in [1.29, 1.82) is 0 Å². The highest BCUT2D eigenvalue weighted by Gasteiger charge is 2.22. The van der Waals surface area contributed by atoms with Gasteiger partial charge in [-0.05, 0) is 42.5 Å². The Labute approximate surface area is 234 Å². The van der Waals surface area contributed by atoms with Gasteiger partial charge in [-0.1, -0.05) is 49.4 Å². The molecule has 4 N–H and O–H groups in total. The number of hydrogen-bond donors (Lipinski definition) is 3. The number of rotatable bonds is 15. The Kier molecular flexibility index (Phi) is 10.3. The molecule has 0 aliphatic carbocycles. The molecule has 1 unspecified atom stereocenters.